The lowest BCUT2D eigenvalue weighted by Crippen LogP contribution is -2.31. The molecule has 2 rings (SSSR count). The van der Waals surface area contributed by atoms with E-state index >= 15 is 0 Å². The number of hydrogen-bond acceptors (Lipinski definition) is 5. The fourth-order valence-electron chi connectivity index (χ4n) is 2.57. The minimum atomic E-state index is -3.78. The van der Waals surface area contributed by atoms with Crippen LogP contribution < -0.4 is 9.04 Å². The standard InChI is InChI=1S/C18H21NO5S/c1-5-19(17-8-6-7-16(13(17)2)18(20)24-4)25(21,22)15-11-9-14(23-3)10-12-15/h6-12H,5H2,1-4H3. The third-order valence-corrected chi connectivity index (χ3v) is 5.82. The fraction of sp³-hybridized carbons (Fsp3) is 0.278. The van der Waals surface area contributed by atoms with E-state index in [1.54, 1.807) is 44.2 Å². The zero-order valence-electron chi connectivity index (χ0n) is 14.6. The van der Waals surface area contributed by atoms with Crippen molar-refractivity contribution in [3.05, 3.63) is 53.6 Å². The summed E-state index contributed by atoms with van der Waals surface area (Å²) in [6.07, 6.45) is 0. The van der Waals surface area contributed by atoms with Crippen molar-refractivity contribution >= 4 is 21.7 Å². The van der Waals surface area contributed by atoms with E-state index in [0.717, 1.165) is 0 Å². The largest absolute Gasteiger partial charge is 0.497 e. The van der Waals surface area contributed by atoms with Gasteiger partial charge in [0, 0.05) is 6.54 Å². The first-order valence-electron chi connectivity index (χ1n) is 7.71. The molecule has 0 aliphatic heterocycles. The summed E-state index contributed by atoms with van der Waals surface area (Å²) in [6.45, 7) is 3.67. The lowest BCUT2D eigenvalue weighted by Gasteiger charge is -2.25. The van der Waals surface area contributed by atoms with Crippen LogP contribution in [0.5, 0.6) is 5.75 Å². The van der Waals surface area contributed by atoms with Crippen LogP contribution in [-0.2, 0) is 14.8 Å². The molecule has 0 heterocycles. The third kappa shape index (κ3) is 3.61. The number of benzene rings is 2. The number of hydrogen-bond donors (Lipinski definition) is 0. The molecule has 0 fully saturated rings. The van der Waals surface area contributed by atoms with Gasteiger partial charge in [-0.05, 0) is 55.8 Å². The van der Waals surface area contributed by atoms with Gasteiger partial charge in [0.05, 0.1) is 30.4 Å². The number of esters is 1. The highest BCUT2D eigenvalue weighted by Gasteiger charge is 2.26. The van der Waals surface area contributed by atoms with Gasteiger partial charge >= 0.3 is 5.97 Å². The summed E-state index contributed by atoms with van der Waals surface area (Å²) in [5.74, 6) is 0.0723. The fourth-order valence-corrected chi connectivity index (χ4v) is 4.10. The van der Waals surface area contributed by atoms with Crippen LogP contribution >= 0.6 is 0 Å². The SMILES string of the molecule is CCN(c1cccc(C(=O)OC)c1C)S(=O)(=O)c1ccc(OC)cc1. The molecule has 25 heavy (non-hydrogen) atoms. The monoisotopic (exact) mass is 363 g/mol. The van der Waals surface area contributed by atoms with Crippen LogP contribution in [0.25, 0.3) is 0 Å². The minimum absolute atomic E-state index is 0.151. The molecule has 0 aliphatic carbocycles. The Morgan fingerprint density at radius 3 is 2.24 bits per heavy atom. The van der Waals surface area contributed by atoms with Crippen molar-refractivity contribution in [2.24, 2.45) is 0 Å². The molecule has 0 spiro atoms. The molecule has 0 bridgehead atoms. The number of anilines is 1. The molecule has 7 heteroatoms. The molecule has 2 aromatic carbocycles. The highest BCUT2D eigenvalue weighted by Crippen LogP contribution is 2.29. The van der Waals surface area contributed by atoms with Gasteiger partial charge in [-0.2, -0.15) is 0 Å². The molecular formula is C18H21NO5S. The molecule has 0 aromatic heterocycles. The Bertz CT molecular complexity index is 860. The van der Waals surface area contributed by atoms with Gasteiger partial charge in [-0.3, -0.25) is 4.31 Å². The molecule has 2 aromatic rings. The minimum Gasteiger partial charge on any atom is -0.497 e. The Labute approximate surface area is 148 Å². The Balaban J connectivity index is 2.53. The molecule has 134 valence electrons. The van der Waals surface area contributed by atoms with Crippen molar-refractivity contribution < 1.29 is 22.7 Å². The summed E-state index contributed by atoms with van der Waals surface area (Å²) >= 11 is 0. The molecule has 0 atom stereocenters. The highest BCUT2D eigenvalue weighted by atomic mass is 32.2. The van der Waals surface area contributed by atoms with E-state index in [0.29, 0.717) is 22.6 Å². The molecule has 6 nitrogen and oxygen atoms in total. The van der Waals surface area contributed by atoms with Gasteiger partial charge < -0.3 is 9.47 Å². The Morgan fingerprint density at radius 1 is 1.08 bits per heavy atom. The smallest absolute Gasteiger partial charge is 0.338 e. The molecule has 0 amide bonds. The van der Waals surface area contributed by atoms with E-state index in [9.17, 15) is 13.2 Å². The summed E-state index contributed by atoms with van der Waals surface area (Å²) in [7, 11) is -0.966. The van der Waals surface area contributed by atoms with Crippen molar-refractivity contribution in [1.82, 2.24) is 0 Å². The first kappa shape index (κ1) is 18.8. The molecule has 0 saturated heterocycles. The average Bonchev–Trinajstić information content (AvgIpc) is 2.63. The normalized spacial score (nSPS) is 11.0. The average molecular weight is 363 g/mol. The van der Waals surface area contributed by atoms with Crippen molar-refractivity contribution in [3.8, 4) is 5.75 Å². The van der Waals surface area contributed by atoms with Gasteiger partial charge in [0.25, 0.3) is 10.0 Å². The van der Waals surface area contributed by atoms with E-state index in [1.807, 2.05) is 0 Å². The van der Waals surface area contributed by atoms with E-state index in [-0.39, 0.29) is 11.4 Å². The number of rotatable bonds is 6. The second-order valence-corrected chi connectivity index (χ2v) is 7.15. The van der Waals surface area contributed by atoms with Crippen LogP contribution in [-0.4, -0.2) is 35.2 Å². The van der Waals surface area contributed by atoms with Crippen molar-refractivity contribution in [3.63, 3.8) is 0 Å². The van der Waals surface area contributed by atoms with E-state index in [2.05, 4.69) is 0 Å². The first-order chi connectivity index (χ1) is 11.9. The molecule has 0 radical (unpaired) electrons. The maximum Gasteiger partial charge on any atom is 0.338 e. The van der Waals surface area contributed by atoms with E-state index in [4.69, 9.17) is 9.47 Å². The van der Waals surface area contributed by atoms with Gasteiger partial charge in [-0.25, -0.2) is 13.2 Å². The van der Waals surface area contributed by atoms with E-state index in [1.165, 1.54) is 30.7 Å². The summed E-state index contributed by atoms with van der Waals surface area (Å²) in [6, 6.07) is 11.1. The Morgan fingerprint density at radius 2 is 1.72 bits per heavy atom. The van der Waals surface area contributed by atoms with E-state index < -0.39 is 16.0 Å². The zero-order valence-corrected chi connectivity index (χ0v) is 15.5. The summed E-state index contributed by atoms with van der Waals surface area (Å²) in [5.41, 5.74) is 1.33. The van der Waals surface area contributed by atoms with Gasteiger partial charge in [0.15, 0.2) is 0 Å². The van der Waals surface area contributed by atoms with Gasteiger partial charge in [-0.15, -0.1) is 0 Å². The van der Waals surface area contributed by atoms with Crippen LogP contribution in [0, 0.1) is 6.92 Å². The number of carbonyl (C=O) groups is 1. The second kappa shape index (κ2) is 7.57. The van der Waals surface area contributed by atoms with Crippen molar-refractivity contribution in [1.29, 1.82) is 0 Å². The summed E-state index contributed by atoms with van der Waals surface area (Å²) in [4.78, 5) is 12.0. The van der Waals surface area contributed by atoms with Gasteiger partial charge in [-0.1, -0.05) is 6.07 Å². The highest BCUT2D eigenvalue weighted by molar-refractivity contribution is 7.92. The number of sulfonamides is 1. The maximum atomic E-state index is 13.0. The molecule has 0 saturated carbocycles. The molecule has 0 aliphatic rings. The lowest BCUT2D eigenvalue weighted by atomic mass is 10.1. The van der Waals surface area contributed by atoms with Crippen molar-refractivity contribution in [2.75, 3.05) is 25.1 Å². The maximum absolute atomic E-state index is 13.0. The summed E-state index contributed by atoms with van der Waals surface area (Å²) < 4.78 is 37.2. The molecule has 0 unspecified atom stereocenters. The summed E-state index contributed by atoms with van der Waals surface area (Å²) in [5, 5.41) is 0. The molecule has 0 N–H and O–H groups in total. The Hall–Kier alpha value is -2.54. The second-order valence-electron chi connectivity index (χ2n) is 5.29. The van der Waals surface area contributed by atoms with Crippen LogP contribution in [0.4, 0.5) is 5.69 Å². The first-order valence-corrected chi connectivity index (χ1v) is 9.15. The van der Waals surface area contributed by atoms with Crippen LogP contribution in [0.1, 0.15) is 22.8 Å². The lowest BCUT2D eigenvalue weighted by molar-refractivity contribution is 0.0600. The van der Waals surface area contributed by atoms with Crippen molar-refractivity contribution in [2.45, 2.75) is 18.7 Å². The predicted molar refractivity (Wildman–Crippen MR) is 95.7 cm³/mol. The topological polar surface area (TPSA) is 72.9 Å². The number of carbonyl (C=O) groups excluding carboxylic acids is 1. The Kier molecular flexibility index (Phi) is 5.69. The van der Waals surface area contributed by atoms with Gasteiger partial charge in [0.1, 0.15) is 5.75 Å². The third-order valence-electron chi connectivity index (χ3n) is 3.91. The number of methoxy groups -OCH3 is 2. The van der Waals surface area contributed by atoms with Crippen LogP contribution in [0.3, 0.4) is 0 Å². The van der Waals surface area contributed by atoms with Gasteiger partial charge in [0.2, 0.25) is 0 Å². The number of nitrogens with zero attached hydrogens (tertiary/aromatic N) is 1. The quantitative estimate of drug-likeness (QED) is 0.738. The molecular weight excluding hydrogens is 342 g/mol. The van der Waals surface area contributed by atoms with Crippen LogP contribution in [0.2, 0.25) is 0 Å². The zero-order chi connectivity index (χ0) is 18.6. The van der Waals surface area contributed by atoms with Crippen LogP contribution in [0.15, 0.2) is 47.4 Å². The predicted octanol–water partition coefficient (Wildman–Crippen LogP) is 3.01. The number of ether oxygens (including phenoxy) is 2.